The minimum absolute atomic E-state index is 0.0571. The van der Waals surface area contributed by atoms with E-state index in [-0.39, 0.29) is 22.1 Å². The number of H-pyrrole nitrogens is 1. The third-order valence-corrected chi connectivity index (χ3v) is 6.63. The third-order valence-electron chi connectivity index (χ3n) is 4.16. The van der Waals surface area contributed by atoms with Crippen LogP contribution in [0.1, 0.15) is 25.7 Å². The second kappa shape index (κ2) is 8.96. The highest BCUT2D eigenvalue weighted by Gasteiger charge is 2.17. The maximum atomic E-state index is 13.4. The molecule has 0 atom stereocenters. The van der Waals surface area contributed by atoms with Crippen molar-refractivity contribution >= 4 is 51.9 Å². The second-order valence-corrected chi connectivity index (χ2v) is 8.82. The van der Waals surface area contributed by atoms with Crippen molar-refractivity contribution in [2.75, 3.05) is 5.32 Å². The summed E-state index contributed by atoms with van der Waals surface area (Å²) in [6.45, 7) is 0.327. The molecule has 158 valence electrons. The van der Waals surface area contributed by atoms with E-state index in [2.05, 4.69) is 20.8 Å². The van der Waals surface area contributed by atoms with Crippen molar-refractivity contribution in [1.29, 1.82) is 0 Å². The number of hydrogen-bond donors (Lipinski definition) is 3. The first-order valence-corrected chi connectivity index (χ1v) is 10.9. The normalized spacial score (nSPS) is 10.8. The minimum Gasteiger partial charge on any atom is -0.346 e. The zero-order valence-corrected chi connectivity index (χ0v) is 17.9. The molecule has 4 aromatic rings. The van der Waals surface area contributed by atoms with Crippen molar-refractivity contribution in [3.8, 4) is 9.75 Å². The van der Waals surface area contributed by atoms with Crippen LogP contribution in [-0.4, -0.2) is 22.0 Å². The lowest BCUT2D eigenvalue weighted by molar-refractivity contribution is 0.0945. The van der Waals surface area contributed by atoms with Gasteiger partial charge in [0.1, 0.15) is 5.82 Å². The molecule has 3 heterocycles. The molecule has 11 heteroatoms. The Morgan fingerprint density at radius 3 is 2.65 bits per heavy atom. The van der Waals surface area contributed by atoms with Crippen LogP contribution >= 0.6 is 34.3 Å². The molecular formula is C20H13ClF2N4O2S2. The van der Waals surface area contributed by atoms with E-state index in [9.17, 15) is 18.4 Å². The number of aromatic nitrogens is 2. The van der Waals surface area contributed by atoms with E-state index in [0.717, 1.165) is 14.6 Å². The molecule has 0 aliphatic rings. The van der Waals surface area contributed by atoms with Crippen LogP contribution in [0.2, 0.25) is 5.02 Å². The van der Waals surface area contributed by atoms with Gasteiger partial charge in [-0.25, -0.2) is 8.78 Å². The minimum atomic E-state index is -1.20. The molecule has 6 nitrogen and oxygen atoms in total. The summed E-state index contributed by atoms with van der Waals surface area (Å²) in [5.74, 6) is -3.47. The lowest BCUT2D eigenvalue weighted by atomic mass is 10.2. The lowest BCUT2D eigenvalue weighted by Gasteiger charge is -2.05. The number of carbonyl (C=O) groups excluding carboxylic acids is 2. The molecule has 0 spiro atoms. The smallest absolute Gasteiger partial charge is 0.272 e. The van der Waals surface area contributed by atoms with Crippen LogP contribution in [0, 0.1) is 11.6 Å². The number of benzene rings is 1. The van der Waals surface area contributed by atoms with Crippen LogP contribution in [-0.2, 0) is 6.54 Å². The molecule has 1 aromatic carbocycles. The molecule has 0 saturated carbocycles. The number of rotatable bonds is 6. The Kier molecular flexibility index (Phi) is 6.12. The number of anilines is 1. The van der Waals surface area contributed by atoms with E-state index in [1.807, 2.05) is 29.6 Å². The van der Waals surface area contributed by atoms with Crippen LogP contribution in [0.25, 0.3) is 9.75 Å². The van der Waals surface area contributed by atoms with Crippen molar-refractivity contribution in [3.63, 3.8) is 0 Å². The van der Waals surface area contributed by atoms with Gasteiger partial charge in [-0.15, -0.1) is 22.7 Å². The van der Waals surface area contributed by atoms with E-state index in [0.29, 0.717) is 18.7 Å². The number of amides is 2. The molecule has 31 heavy (non-hydrogen) atoms. The quantitative estimate of drug-likeness (QED) is 0.328. The summed E-state index contributed by atoms with van der Waals surface area (Å²) in [5, 5.41) is 13.3. The Hall–Kier alpha value is -3.08. The van der Waals surface area contributed by atoms with Crippen molar-refractivity contribution in [3.05, 3.63) is 80.6 Å². The number of thiophene rings is 2. The monoisotopic (exact) mass is 478 g/mol. The van der Waals surface area contributed by atoms with Gasteiger partial charge in [0, 0.05) is 20.7 Å². The van der Waals surface area contributed by atoms with Gasteiger partial charge >= 0.3 is 0 Å². The summed E-state index contributed by atoms with van der Waals surface area (Å²) < 4.78 is 26.5. The summed E-state index contributed by atoms with van der Waals surface area (Å²) in [6, 6.07) is 10.7. The first-order valence-electron chi connectivity index (χ1n) is 8.83. The van der Waals surface area contributed by atoms with Crippen LogP contribution < -0.4 is 10.6 Å². The van der Waals surface area contributed by atoms with Gasteiger partial charge in [-0.1, -0.05) is 17.7 Å². The zero-order valence-electron chi connectivity index (χ0n) is 15.5. The van der Waals surface area contributed by atoms with Gasteiger partial charge < -0.3 is 10.6 Å². The Bertz CT molecular complexity index is 1250. The average molecular weight is 479 g/mol. The third kappa shape index (κ3) is 4.82. The summed E-state index contributed by atoms with van der Waals surface area (Å²) in [4.78, 5) is 27.9. The fraction of sp³-hybridized carbons (Fsp3) is 0.0500. The highest BCUT2D eigenvalue weighted by atomic mass is 35.5. The van der Waals surface area contributed by atoms with E-state index in [1.54, 1.807) is 22.7 Å². The summed E-state index contributed by atoms with van der Waals surface area (Å²) >= 11 is 9.02. The molecule has 4 rings (SSSR count). The number of nitrogens with zero attached hydrogens (tertiary/aromatic N) is 1. The fourth-order valence-corrected chi connectivity index (χ4v) is 4.69. The van der Waals surface area contributed by atoms with E-state index < -0.39 is 23.4 Å². The number of aromatic amines is 1. The molecule has 3 N–H and O–H groups in total. The molecule has 0 bridgehead atoms. The first kappa shape index (κ1) is 21.2. The van der Waals surface area contributed by atoms with Gasteiger partial charge in [0.2, 0.25) is 0 Å². The Morgan fingerprint density at radius 2 is 1.87 bits per heavy atom. The molecule has 0 aliphatic carbocycles. The fourth-order valence-electron chi connectivity index (χ4n) is 2.67. The molecule has 3 aromatic heterocycles. The molecule has 0 aliphatic heterocycles. The molecular weight excluding hydrogens is 466 g/mol. The van der Waals surface area contributed by atoms with Crippen molar-refractivity contribution in [2.24, 2.45) is 0 Å². The van der Waals surface area contributed by atoms with Crippen LogP contribution in [0.4, 0.5) is 14.6 Å². The van der Waals surface area contributed by atoms with Gasteiger partial charge in [-0.2, -0.15) is 5.10 Å². The summed E-state index contributed by atoms with van der Waals surface area (Å²) in [5.41, 5.74) is -0.192. The predicted molar refractivity (Wildman–Crippen MR) is 117 cm³/mol. The maximum Gasteiger partial charge on any atom is 0.272 e. The lowest BCUT2D eigenvalue weighted by Crippen LogP contribution is -2.22. The van der Waals surface area contributed by atoms with Gasteiger partial charge in [0.25, 0.3) is 11.8 Å². The average Bonchev–Trinajstić information content (AvgIpc) is 3.50. The molecule has 0 saturated heterocycles. The van der Waals surface area contributed by atoms with Crippen LogP contribution in [0.15, 0.2) is 47.8 Å². The topological polar surface area (TPSA) is 86.9 Å². The van der Waals surface area contributed by atoms with Gasteiger partial charge in [-0.05, 0) is 35.7 Å². The molecule has 2 amide bonds. The largest absolute Gasteiger partial charge is 0.346 e. The van der Waals surface area contributed by atoms with Crippen molar-refractivity contribution in [2.45, 2.75) is 6.54 Å². The number of carbonyl (C=O) groups is 2. The maximum absolute atomic E-state index is 13.4. The van der Waals surface area contributed by atoms with Gasteiger partial charge in [-0.3, -0.25) is 14.7 Å². The zero-order chi connectivity index (χ0) is 22.0. The number of hydrogen-bond acceptors (Lipinski definition) is 5. The first-order chi connectivity index (χ1) is 14.9. The van der Waals surface area contributed by atoms with Crippen LogP contribution in [0.3, 0.4) is 0 Å². The van der Waals surface area contributed by atoms with Crippen LogP contribution in [0.5, 0.6) is 0 Å². The summed E-state index contributed by atoms with van der Waals surface area (Å²) in [6.07, 6.45) is 0. The molecule has 0 unspecified atom stereocenters. The standard InChI is InChI=1S/C20H13ClF2N4O2S2/c21-12-7-14(23)13(22)6-11(12)19(28)25-18-8-15(26-27-18)20(29)24-9-10-3-4-17(31-10)16-2-1-5-30-16/h1-8H,9H2,(H,24,29)(H2,25,26,27,28). The number of halogens is 3. The highest BCUT2D eigenvalue weighted by molar-refractivity contribution is 7.21. The molecule has 0 fully saturated rings. The SMILES string of the molecule is O=C(NCc1ccc(-c2cccs2)s1)c1cc(NC(=O)c2cc(F)c(F)cc2Cl)[nH]n1. The Morgan fingerprint density at radius 1 is 1.06 bits per heavy atom. The Balaban J connectivity index is 1.36. The molecule has 0 radical (unpaired) electrons. The second-order valence-electron chi connectivity index (χ2n) is 6.29. The highest BCUT2D eigenvalue weighted by Crippen LogP contribution is 2.31. The Labute approximate surface area is 187 Å². The summed E-state index contributed by atoms with van der Waals surface area (Å²) in [7, 11) is 0. The van der Waals surface area contributed by atoms with Crippen molar-refractivity contribution in [1.82, 2.24) is 15.5 Å². The van der Waals surface area contributed by atoms with E-state index in [1.165, 1.54) is 6.07 Å². The van der Waals surface area contributed by atoms with Gasteiger partial charge in [0.15, 0.2) is 17.3 Å². The predicted octanol–water partition coefficient (Wildman–Crippen LogP) is 5.31. The van der Waals surface area contributed by atoms with Gasteiger partial charge in [0.05, 0.1) is 17.1 Å². The van der Waals surface area contributed by atoms with E-state index in [4.69, 9.17) is 11.6 Å². The van der Waals surface area contributed by atoms with E-state index >= 15 is 0 Å². The van der Waals surface area contributed by atoms with Crippen molar-refractivity contribution < 1.29 is 18.4 Å². The number of nitrogens with one attached hydrogen (secondary N) is 3.